The van der Waals surface area contributed by atoms with Crippen molar-refractivity contribution in [2.24, 2.45) is 0 Å². The highest BCUT2D eigenvalue weighted by Crippen LogP contribution is 2.18. The zero-order chi connectivity index (χ0) is 13.4. The predicted molar refractivity (Wildman–Crippen MR) is 75.7 cm³/mol. The van der Waals surface area contributed by atoms with Crippen LogP contribution in [0.5, 0.6) is 0 Å². The Kier molecular flexibility index (Phi) is 6.91. The molecule has 0 aliphatic heterocycles. The van der Waals surface area contributed by atoms with Crippen molar-refractivity contribution in [3.8, 4) is 0 Å². The van der Waals surface area contributed by atoms with E-state index in [1.54, 1.807) is 0 Å². The van der Waals surface area contributed by atoms with Crippen LogP contribution in [0.25, 0.3) is 0 Å². The van der Waals surface area contributed by atoms with Crippen LogP contribution in [0.3, 0.4) is 0 Å². The topological polar surface area (TPSA) is 34.1 Å². The van der Waals surface area contributed by atoms with Gasteiger partial charge in [0, 0.05) is 12.4 Å². The number of pyridine rings is 1. The summed E-state index contributed by atoms with van der Waals surface area (Å²) in [6.07, 6.45) is 6.23. The van der Waals surface area contributed by atoms with Crippen molar-refractivity contribution in [2.45, 2.75) is 52.7 Å². The summed E-state index contributed by atoms with van der Waals surface area (Å²) in [5.74, 6) is 0. The molecule has 3 heteroatoms. The maximum Gasteiger partial charge on any atom is 0.0665 e. The van der Waals surface area contributed by atoms with Gasteiger partial charge in [0.25, 0.3) is 0 Å². The van der Waals surface area contributed by atoms with Gasteiger partial charge < -0.3 is 10.1 Å². The molecule has 1 N–H and O–H groups in total. The van der Waals surface area contributed by atoms with E-state index in [0.29, 0.717) is 6.61 Å². The van der Waals surface area contributed by atoms with Gasteiger partial charge in [-0.1, -0.05) is 13.8 Å². The fourth-order valence-electron chi connectivity index (χ4n) is 1.94. The van der Waals surface area contributed by atoms with Gasteiger partial charge in [-0.15, -0.1) is 0 Å². The minimum absolute atomic E-state index is 0.267. The highest BCUT2D eigenvalue weighted by molar-refractivity contribution is 5.26. The summed E-state index contributed by atoms with van der Waals surface area (Å²) in [7, 11) is 0. The van der Waals surface area contributed by atoms with E-state index >= 15 is 0 Å². The molecule has 0 aromatic carbocycles. The Balaban J connectivity index is 2.79. The number of hydrogen-bond acceptors (Lipinski definition) is 3. The van der Waals surface area contributed by atoms with Crippen molar-refractivity contribution < 1.29 is 4.74 Å². The SMILES string of the molecule is CCCNC(COC(C)C)c1ccncc1CC. The predicted octanol–water partition coefficient (Wildman–Crippen LogP) is 3.11. The highest BCUT2D eigenvalue weighted by Gasteiger charge is 2.14. The number of hydrogen-bond donors (Lipinski definition) is 1. The third-order valence-corrected chi connectivity index (χ3v) is 2.93. The summed E-state index contributed by atoms with van der Waals surface area (Å²) in [5.41, 5.74) is 2.63. The summed E-state index contributed by atoms with van der Waals surface area (Å²) >= 11 is 0. The van der Waals surface area contributed by atoms with Crippen LogP contribution in [0.2, 0.25) is 0 Å². The molecule has 0 aliphatic rings. The molecule has 18 heavy (non-hydrogen) atoms. The lowest BCUT2D eigenvalue weighted by Crippen LogP contribution is -2.28. The van der Waals surface area contributed by atoms with Gasteiger partial charge in [0.15, 0.2) is 0 Å². The molecular weight excluding hydrogens is 224 g/mol. The van der Waals surface area contributed by atoms with Crippen LogP contribution < -0.4 is 5.32 Å². The third kappa shape index (κ3) is 4.75. The normalized spacial score (nSPS) is 12.9. The van der Waals surface area contributed by atoms with Crippen molar-refractivity contribution in [3.05, 3.63) is 29.6 Å². The molecule has 1 unspecified atom stereocenters. The molecule has 0 radical (unpaired) electrons. The second kappa shape index (κ2) is 8.22. The molecule has 1 aromatic rings. The van der Waals surface area contributed by atoms with E-state index in [4.69, 9.17) is 4.74 Å². The van der Waals surface area contributed by atoms with Crippen LogP contribution in [-0.4, -0.2) is 24.2 Å². The first-order valence-corrected chi connectivity index (χ1v) is 6.96. The number of ether oxygens (including phenoxy) is 1. The molecule has 1 rings (SSSR count). The smallest absolute Gasteiger partial charge is 0.0665 e. The Bertz CT molecular complexity index is 339. The zero-order valence-electron chi connectivity index (χ0n) is 12.1. The number of aryl methyl sites for hydroxylation is 1. The van der Waals surface area contributed by atoms with Crippen molar-refractivity contribution in [1.29, 1.82) is 0 Å². The Morgan fingerprint density at radius 3 is 2.72 bits per heavy atom. The zero-order valence-corrected chi connectivity index (χ0v) is 12.1. The summed E-state index contributed by atoms with van der Waals surface area (Å²) in [5, 5.41) is 3.56. The molecule has 1 heterocycles. The maximum absolute atomic E-state index is 5.77. The number of rotatable bonds is 8. The first kappa shape index (κ1) is 15.1. The monoisotopic (exact) mass is 250 g/mol. The fourth-order valence-corrected chi connectivity index (χ4v) is 1.94. The van der Waals surface area contributed by atoms with Gasteiger partial charge in [0.05, 0.1) is 18.8 Å². The van der Waals surface area contributed by atoms with Crippen LogP contribution in [-0.2, 0) is 11.2 Å². The number of aromatic nitrogens is 1. The average Bonchev–Trinajstić information content (AvgIpc) is 2.38. The minimum atomic E-state index is 0.267. The standard InChI is InChI=1S/C15H26N2O/c1-5-8-17-15(11-18-12(3)4)14-7-9-16-10-13(14)6-2/h7,9-10,12,15,17H,5-6,8,11H2,1-4H3. The van der Waals surface area contributed by atoms with Gasteiger partial charge in [-0.25, -0.2) is 0 Å². The first-order chi connectivity index (χ1) is 8.69. The van der Waals surface area contributed by atoms with E-state index in [9.17, 15) is 0 Å². The van der Waals surface area contributed by atoms with Gasteiger partial charge in [-0.3, -0.25) is 4.98 Å². The van der Waals surface area contributed by atoms with Gasteiger partial charge in [-0.05, 0) is 50.4 Å². The molecule has 0 bridgehead atoms. The maximum atomic E-state index is 5.77. The van der Waals surface area contributed by atoms with E-state index in [2.05, 4.69) is 44.1 Å². The lowest BCUT2D eigenvalue weighted by molar-refractivity contribution is 0.0609. The molecule has 0 aliphatic carbocycles. The Hall–Kier alpha value is -0.930. The lowest BCUT2D eigenvalue weighted by Gasteiger charge is -2.22. The van der Waals surface area contributed by atoms with Crippen molar-refractivity contribution in [2.75, 3.05) is 13.2 Å². The van der Waals surface area contributed by atoms with Gasteiger partial charge in [-0.2, -0.15) is 0 Å². The molecule has 0 saturated carbocycles. The molecule has 0 spiro atoms. The summed E-state index contributed by atoms with van der Waals surface area (Å²) in [4.78, 5) is 4.21. The Labute approximate surface area is 111 Å². The van der Waals surface area contributed by atoms with E-state index in [-0.39, 0.29) is 12.1 Å². The van der Waals surface area contributed by atoms with Crippen LogP contribution >= 0.6 is 0 Å². The van der Waals surface area contributed by atoms with Gasteiger partial charge >= 0.3 is 0 Å². The minimum Gasteiger partial charge on any atom is -0.377 e. The molecule has 0 fully saturated rings. The molecule has 1 atom stereocenters. The van der Waals surface area contributed by atoms with E-state index < -0.39 is 0 Å². The Morgan fingerprint density at radius 2 is 2.11 bits per heavy atom. The van der Waals surface area contributed by atoms with Crippen molar-refractivity contribution >= 4 is 0 Å². The van der Waals surface area contributed by atoms with Crippen LogP contribution in [0.1, 0.15) is 51.3 Å². The van der Waals surface area contributed by atoms with Crippen LogP contribution in [0.4, 0.5) is 0 Å². The van der Waals surface area contributed by atoms with Gasteiger partial charge in [0.1, 0.15) is 0 Å². The molecule has 1 aromatic heterocycles. The van der Waals surface area contributed by atoms with Gasteiger partial charge in [0.2, 0.25) is 0 Å². The largest absolute Gasteiger partial charge is 0.377 e. The molecule has 102 valence electrons. The quantitative estimate of drug-likeness (QED) is 0.770. The summed E-state index contributed by atoms with van der Waals surface area (Å²) in [6.45, 7) is 10.2. The fraction of sp³-hybridized carbons (Fsp3) is 0.667. The van der Waals surface area contributed by atoms with Crippen LogP contribution in [0, 0.1) is 0 Å². The molecule has 0 saturated heterocycles. The van der Waals surface area contributed by atoms with Crippen molar-refractivity contribution in [1.82, 2.24) is 10.3 Å². The van der Waals surface area contributed by atoms with E-state index in [1.807, 2.05) is 12.4 Å². The third-order valence-electron chi connectivity index (χ3n) is 2.93. The average molecular weight is 250 g/mol. The molecular formula is C15H26N2O. The lowest BCUT2D eigenvalue weighted by atomic mass is 10.0. The second-order valence-corrected chi connectivity index (χ2v) is 4.82. The summed E-state index contributed by atoms with van der Waals surface area (Å²) in [6, 6.07) is 2.38. The van der Waals surface area contributed by atoms with Crippen LogP contribution in [0.15, 0.2) is 18.5 Å². The van der Waals surface area contributed by atoms with Crippen molar-refractivity contribution in [3.63, 3.8) is 0 Å². The van der Waals surface area contributed by atoms with E-state index in [0.717, 1.165) is 19.4 Å². The number of nitrogens with zero attached hydrogens (tertiary/aromatic N) is 1. The second-order valence-electron chi connectivity index (χ2n) is 4.82. The molecule has 0 amide bonds. The number of nitrogens with one attached hydrogen (secondary N) is 1. The molecule has 3 nitrogen and oxygen atoms in total. The first-order valence-electron chi connectivity index (χ1n) is 6.96. The summed E-state index contributed by atoms with van der Waals surface area (Å²) < 4.78 is 5.77. The Morgan fingerprint density at radius 1 is 1.33 bits per heavy atom. The highest BCUT2D eigenvalue weighted by atomic mass is 16.5. The van der Waals surface area contributed by atoms with E-state index in [1.165, 1.54) is 11.1 Å².